The molecule has 1 fully saturated rings. The molecule has 2 heterocycles. The molecule has 4 rings (SSSR count). The number of anilines is 2. The lowest BCUT2D eigenvalue weighted by Gasteiger charge is -2.34. The van der Waals surface area contributed by atoms with Gasteiger partial charge in [-0.2, -0.15) is 13.2 Å². The molecule has 1 aliphatic rings. The lowest BCUT2D eigenvalue weighted by molar-refractivity contribution is -0.139. The van der Waals surface area contributed by atoms with E-state index in [4.69, 9.17) is 10.5 Å². The topological polar surface area (TPSA) is 110 Å². The van der Waals surface area contributed by atoms with E-state index in [0.29, 0.717) is 18.8 Å². The monoisotopic (exact) mass is 597 g/mol. The van der Waals surface area contributed by atoms with E-state index >= 15 is 0 Å². The maximum Gasteiger partial charge on any atom is 0.419 e. The van der Waals surface area contributed by atoms with Crippen LogP contribution in [0.2, 0.25) is 0 Å². The van der Waals surface area contributed by atoms with Crippen molar-refractivity contribution < 1.29 is 27.5 Å². The molecule has 1 aromatic heterocycles. The quantitative estimate of drug-likeness (QED) is 0.293. The van der Waals surface area contributed by atoms with Gasteiger partial charge in [-0.15, -0.1) is 0 Å². The molecule has 2 amide bonds. The molecular weight excluding hydrogens is 559 g/mol. The second-order valence-electron chi connectivity index (χ2n) is 12.0. The van der Waals surface area contributed by atoms with Gasteiger partial charge in [0.1, 0.15) is 5.60 Å². The molecule has 1 saturated heterocycles. The van der Waals surface area contributed by atoms with Gasteiger partial charge in [-0.25, -0.2) is 14.8 Å². The van der Waals surface area contributed by atoms with E-state index in [1.807, 2.05) is 45.9 Å². The summed E-state index contributed by atoms with van der Waals surface area (Å²) in [7, 11) is 0. The number of aryl methyl sites for hydroxylation is 1. The summed E-state index contributed by atoms with van der Waals surface area (Å²) in [6, 6.07) is 14.7. The average Bonchev–Trinajstić information content (AvgIpc) is 2.92. The molecule has 0 bridgehead atoms. The molecule has 0 radical (unpaired) electrons. The molecule has 1 aliphatic heterocycles. The van der Waals surface area contributed by atoms with Crippen molar-refractivity contribution in [3.63, 3.8) is 0 Å². The van der Waals surface area contributed by atoms with Gasteiger partial charge in [0.05, 0.1) is 11.3 Å². The van der Waals surface area contributed by atoms with Crippen molar-refractivity contribution in [2.75, 3.05) is 18.4 Å². The number of nitrogens with zero attached hydrogens (tertiary/aromatic N) is 3. The third-order valence-electron chi connectivity index (χ3n) is 7.40. The first-order valence-corrected chi connectivity index (χ1v) is 14.3. The Morgan fingerprint density at radius 3 is 2.35 bits per heavy atom. The molecule has 1 atom stereocenters. The van der Waals surface area contributed by atoms with Gasteiger partial charge >= 0.3 is 12.3 Å². The van der Waals surface area contributed by atoms with Gasteiger partial charge in [-0.3, -0.25) is 4.79 Å². The standard InChI is InChI=1S/C32H38F3N5O3/c1-20-16-24(10-11-25(20)22-12-14-40(15-13-22)30(42)43-31(2,3)4)38-29-37-19-26(32(33,34)35)28(39-29)23(18-27(36)41)17-21-8-6-5-7-9-21/h5-11,16,19,22-23H,12-15,17-18H2,1-4H3,(H2,36,41)(H,37,38,39). The van der Waals surface area contributed by atoms with Crippen LogP contribution in [0.5, 0.6) is 0 Å². The lowest BCUT2D eigenvalue weighted by atomic mass is 9.87. The van der Waals surface area contributed by atoms with E-state index in [9.17, 15) is 22.8 Å². The Labute approximate surface area is 249 Å². The van der Waals surface area contributed by atoms with Gasteiger partial charge in [0, 0.05) is 37.3 Å². The minimum Gasteiger partial charge on any atom is -0.444 e. The third kappa shape index (κ3) is 8.68. The molecule has 230 valence electrons. The third-order valence-corrected chi connectivity index (χ3v) is 7.40. The minimum atomic E-state index is -4.71. The number of benzene rings is 2. The van der Waals surface area contributed by atoms with Gasteiger partial charge < -0.3 is 20.7 Å². The fourth-order valence-electron chi connectivity index (χ4n) is 5.43. The number of carbonyl (C=O) groups is 2. The van der Waals surface area contributed by atoms with Crippen LogP contribution in [0.4, 0.5) is 29.6 Å². The molecule has 8 nitrogen and oxygen atoms in total. The van der Waals surface area contributed by atoms with Crippen molar-refractivity contribution in [2.24, 2.45) is 5.73 Å². The highest BCUT2D eigenvalue weighted by Gasteiger charge is 2.38. The second-order valence-corrected chi connectivity index (χ2v) is 12.0. The van der Waals surface area contributed by atoms with E-state index in [-0.39, 0.29) is 36.5 Å². The van der Waals surface area contributed by atoms with Gasteiger partial charge in [-0.05, 0) is 81.7 Å². The smallest absolute Gasteiger partial charge is 0.419 e. The van der Waals surface area contributed by atoms with Crippen molar-refractivity contribution in [1.82, 2.24) is 14.9 Å². The number of amides is 2. The maximum atomic E-state index is 14.0. The van der Waals surface area contributed by atoms with Crippen molar-refractivity contribution in [3.8, 4) is 0 Å². The molecule has 0 spiro atoms. The molecular formula is C32H38F3N5O3. The molecule has 11 heteroatoms. The summed E-state index contributed by atoms with van der Waals surface area (Å²) < 4.78 is 47.5. The van der Waals surface area contributed by atoms with Gasteiger partial charge in [0.2, 0.25) is 11.9 Å². The summed E-state index contributed by atoms with van der Waals surface area (Å²) in [6.45, 7) is 8.70. The zero-order chi connectivity index (χ0) is 31.4. The number of likely N-dealkylation sites (tertiary alicyclic amines) is 1. The highest BCUT2D eigenvalue weighted by molar-refractivity contribution is 5.75. The number of piperidine rings is 1. The van der Waals surface area contributed by atoms with Crippen LogP contribution in [-0.4, -0.2) is 45.6 Å². The number of nitrogens with two attached hydrogens (primary N) is 1. The predicted octanol–water partition coefficient (Wildman–Crippen LogP) is 6.86. The summed E-state index contributed by atoms with van der Waals surface area (Å²) in [5, 5.41) is 3.03. The summed E-state index contributed by atoms with van der Waals surface area (Å²) in [4.78, 5) is 34.3. The number of alkyl halides is 3. The summed E-state index contributed by atoms with van der Waals surface area (Å²) in [6.07, 6.45) is -2.82. The first-order chi connectivity index (χ1) is 20.2. The van der Waals surface area contributed by atoms with Crippen LogP contribution in [0, 0.1) is 6.92 Å². The van der Waals surface area contributed by atoms with Crippen LogP contribution >= 0.6 is 0 Å². The van der Waals surface area contributed by atoms with E-state index in [0.717, 1.165) is 35.7 Å². The number of nitrogens with one attached hydrogen (secondary N) is 1. The normalized spacial score (nSPS) is 15.2. The summed E-state index contributed by atoms with van der Waals surface area (Å²) >= 11 is 0. The highest BCUT2D eigenvalue weighted by atomic mass is 19.4. The van der Waals surface area contributed by atoms with Crippen molar-refractivity contribution in [2.45, 2.75) is 77.0 Å². The molecule has 3 aromatic rings. The number of ether oxygens (including phenoxy) is 1. The number of carbonyl (C=O) groups excluding carboxylic acids is 2. The Hall–Kier alpha value is -4.15. The van der Waals surface area contributed by atoms with Crippen LogP contribution in [0.25, 0.3) is 0 Å². The molecule has 0 aliphatic carbocycles. The highest BCUT2D eigenvalue weighted by Crippen LogP contribution is 2.37. The molecule has 1 unspecified atom stereocenters. The van der Waals surface area contributed by atoms with Crippen molar-refractivity contribution in [3.05, 3.63) is 82.7 Å². The number of hydrogen-bond acceptors (Lipinski definition) is 6. The van der Waals surface area contributed by atoms with Gasteiger partial charge in [0.15, 0.2) is 0 Å². The van der Waals surface area contributed by atoms with Gasteiger partial charge in [0.25, 0.3) is 0 Å². The molecule has 2 aromatic carbocycles. The zero-order valence-corrected chi connectivity index (χ0v) is 24.9. The fourth-order valence-corrected chi connectivity index (χ4v) is 5.43. The summed E-state index contributed by atoms with van der Waals surface area (Å²) in [5.41, 5.74) is 7.15. The largest absolute Gasteiger partial charge is 0.444 e. The molecule has 43 heavy (non-hydrogen) atoms. The Kier molecular flexibility index (Phi) is 9.62. The Balaban J connectivity index is 1.53. The molecule has 3 N–H and O–H groups in total. The van der Waals surface area contributed by atoms with E-state index in [1.165, 1.54) is 0 Å². The van der Waals surface area contributed by atoms with Crippen LogP contribution in [-0.2, 0) is 22.1 Å². The lowest BCUT2D eigenvalue weighted by Crippen LogP contribution is -2.41. The second kappa shape index (κ2) is 13.0. The zero-order valence-electron chi connectivity index (χ0n) is 24.9. The number of primary amides is 1. The van der Waals surface area contributed by atoms with E-state index in [2.05, 4.69) is 15.3 Å². The number of halogens is 3. The first-order valence-electron chi connectivity index (χ1n) is 14.3. The maximum absolute atomic E-state index is 14.0. The van der Waals surface area contributed by atoms with Crippen molar-refractivity contribution in [1.29, 1.82) is 0 Å². The summed E-state index contributed by atoms with van der Waals surface area (Å²) in [5.74, 6) is -1.36. The molecule has 0 saturated carbocycles. The number of aromatic nitrogens is 2. The van der Waals surface area contributed by atoms with Gasteiger partial charge in [-0.1, -0.05) is 36.4 Å². The van der Waals surface area contributed by atoms with Crippen LogP contribution in [0.1, 0.15) is 79.8 Å². The van der Waals surface area contributed by atoms with Crippen LogP contribution in [0.15, 0.2) is 54.7 Å². The number of hydrogen-bond donors (Lipinski definition) is 2. The van der Waals surface area contributed by atoms with E-state index < -0.39 is 29.2 Å². The average molecular weight is 598 g/mol. The Morgan fingerprint density at radius 2 is 1.77 bits per heavy atom. The minimum absolute atomic E-state index is 0.0108. The number of rotatable bonds is 8. The Morgan fingerprint density at radius 1 is 1.09 bits per heavy atom. The Bertz CT molecular complexity index is 1430. The predicted molar refractivity (Wildman–Crippen MR) is 158 cm³/mol. The SMILES string of the molecule is Cc1cc(Nc2ncc(C(F)(F)F)c(C(CC(N)=O)Cc3ccccc3)n2)ccc1C1CCN(C(=O)OC(C)(C)C)CC1. The fraction of sp³-hybridized carbons (Fsp3) is 0.438. The van der Waals surface area contributed by atoms with E-state index in [1.54, 1.807) is 35.2 Å². The van der Waals surface area contributed by atoms with Crippen molar-refractivity contribution >= 4 is 23.6 Å². The first kappa shape index (κ1) is 31.8. The van der Waals surface area contributed by atoms with Crippen LogP contribution < -0.4 is 11.1 Å². The van der Waals surface area contributed by atoms with Crippen LogP contribution in [0.3, 0.4) is 0 Å².